The number of carbonyl (C=O) groups is 4. The first kappa shape index (κ1) is 25.0. The summed E-state index contributed by atoms with van der Waals surface area (Å²) in [6.45, 7) is 0.849. The average molecular weight is 476 g/mol. The van der Waals surface area contributed by atoms with Crippen molar-refractivity contribution in [2.75, 3.05) is 31.5 Å². The molecular formula is C26H24N2O7. The molecule has 2 amide bonds. The number of ketones is 1. The first-order chi connectivity index (χ1) is 16.8. The van der Waals surface area contributed by atoms with Gasteiger partial charge in [-0.1, -0.05) is 18.2 Å². The SMILES string of the molecule is COc1cc(NC(=O)c2ccccc2)c(C(=O)OCC(=O)c2ccc(NC(C)=O)cc2)cc1OC. The summed E-state index contributed by atoms with van der Waals surface area (Å²) in [7, 11) is 2.83. The molecule has 0 radical (unpaired) electrons. The molecule has 9 nitrogen and oxygen atoms in total. The van der Waals surface area contributed by atoms with Gasteiger partial charge in [-0.3, -0.25) is 14.4 Å². The van der Waals surface area contributed by atoms with Gasteiger partial charge >= 0.3 is 5.97 Å². The van der Waals surface area contributed by atoms with Gasteiger partial charge in [0.15, 0.2) is 23.9 Å². The summed E-state index contributed by atoms with van der Waals surface area (Å²) in [6.07, 6.45) is 0. The van der Waals surface area contributed by atoms with Crippen LogP contribution in [0.25, 0.3) is 0 Å². The maximum Gasteiger partial charge on any atom is 0.340 e. The largest absolute Gasteiger partial charge is 0.493 e. The molecule has 0 aromatic heterocycles. The maximum atomic E-state index is 12.9. The molecule has 3 aromatic rings. The molecule has 0 aliphatic rings. The van der Waals surface area contributed by atoms with E-state index < -0.39 is 24.3 Å². The van der Waals surface area contributed by atoms with Crippen LogP contribution in [0.4, 0.5) is 11.4 Å². The van der Waals surface area contributed by atoms with Crippen LogP contribution in [0.15, 0.2) is 66.7 Å². The Hall–Kier alpha value is -4.66. The Morgan fingerprint density at radius 3 is 2.00 bits per heavy atom. The molecule has 180 valence electrons. The minimum Gasteiger partial charge on any atom is -0.493 e. The predicted molar refractivity (Wildman–Crippen MR) is 129 cm³/mol. The van der Waals surface area contributed by atoms with Crippen LogP contribution in [0.1, 0.15) is 38.0 Å². The van der Waals surface area contributed by atoms with E-state index >= 15 is 0 Å². The molecular weight excluding hydrogens is 452 g/mol. The molecule has 9 heteroatoms. The van der Waals surface area contributed by atoms with Gasteiger partial charge in [-0.15, -0.1) is 0 Å². The van der Waals surface area contributed by atoms with E-state index in [-0.39, 0.29) is 22.9 Å². The lowest BCUT2D eigenvalue weighted by Gasteiger charge is -2.15. The van der Waals surface area contributed by atoms with Crippen LogP contribution in [-0.2, 0) is 9.53 Å². The first-order valence-electron chi connectivity index (χ1n) is 10.5. The quantitative estimate of drug-likeness (QED) is 0.354. The standard InChI is InChI=1S/C26H24N2O7/c1-16(29)27-19-11-9-17(10-12-19)22(30)15-35-26(32)20-13-23(33-2)24(34-3)14-21(20)28-25(31)18-7-5-4-6-8-18/h4-14H,15H2,1-3H3,(H,27,29)(H,28,31). The molecule has 0 fully saturated rings. The highest BCUT2D eigenvalue weighted by molar-refractivity contribution is 6.09. The number of amides is 2. The molecule has 3 aromatic carbocycles. The summed E-state index contributed by atoms with van der Waals surface area (Å²) < 4.78 is 15.8. The summed E-state index contributed by atoms with van der Waals surface area (Å²) in [5.41, 5.74) is 1.35. The number of hydrogen-bond acceptors (Lipinski definition) is 7. The van der Waals surface area contributed by atoms with Gasteiger partial charge < -0.3 is 24.8 Å². The zero-order chi connectivity index (χ0) is 25.4. The van der Waals surface area contributed by atoms with Crippen molar-refractivity contribution in [2.24, 2.45) is 0 Å². The van der Waals surface area contributed by atoms with Crippen LogP contribution in [-0.4, -0.2) is 44.4 Å². The van der Waals surface area contributed by atoms with Crippen LogP contribution < -0.4 is 20.1 Å². The molecule has 0 saturated carbocycles. The summed E-state index contributed by atoms with van der Waals surface area (Å²) in [5, 5.41) is 5.28. The Balaban J connectivity index is 1.78. The lowest BCUT2D eigenvalue weighted by molar-refractivity contribution is -0.114. The van der Waals surface area contributed by atoms with E-state index in [4.69, 9.17) is 14.2 Å². The van der Waals surface area contributed by atoms with Crippen molar-refractivity contribution in [1.29, 1.82) is 0 Å². The number of carbonyl (C=O) groups excluding carboxylic acids is 4. The van der Waals surface area contributed by atoms with Gasteiger partial charge in [0.1, 0.15) is 0 Å². The lowest BCUT2D eigenvalue weighted by Crippen LogP contribution is -2.18. The lowest BCUT2D eigenvalue weighted by atomic mass is 10.1. The second-order valence-electron chi connectivity index (χ2n) is 7.33. The van der Waals surface area contributed by atoms with Gasteiger partial charge in [-0.2, -0.15) is 0 Å². The van der Waals surface area contributed by atoms with Crippen LogP contribution in [0.5, 0.6) is 11.5 Å². The van der Waals surface area contributed by atoms with Crippen molar-refractivity contribution in [3.8, 4) is 11.5 Å². The van der Waals surface area contributed by atoms with E-state index in [1.165, 1.54) is 45.4 Å². The molecule has 0 unspecified atom stereocenters. The van der Waals surface area contributed by atoms with Crippen molar-refractivity contribution in [2.45, 2.75) is 6.92 Å². The van der Waals surface area contributed by atoms with Gasteiger partial charge in [0, 0.05) is 35.9 Å². The van der Waals surface area contributed by atoms with Gasteiger partial charge in [-0.05, 0) is 36.4 Å². The highest BCUT2D eigenvalue weighted by atomic mass is 16.5. The van der Waals surface area contributed by atoms with Crippen LogP contribution >= 0.6 is 0 Å². The number of nitrogens with one attached hydrogen (secondary N) is 2. The van der Waals surface area contributed by atoms with Gasteiger partial charge in [-0.25, -0.2) is 4.79 Å². The monoisotopic (exact) mass is 476 g/mol. The Morgan fingerprint density at radius 1 is 0.771 bits per heavy atom. The minimum absolute atomic E-state index is 0.0132. The third-order valence-corrected chi connectivity index (χ3v) is 4.89. The molecule has 0 spiro atoms. The number of methoxy groups -OCH3 is 2. The van der Waals surface area contributed by atoms with E-state index in [1.807, 2.05) is 0 Å². The van der Waals surface area contributed by atoms with Crippen LogP contribution in [0, 0.1) is 0 Å². The Morgan fingerprint density at radius 2 is 1.40 bits per heavy atom. The molecule has 2 N–H and O–H groups in total. The molecule has 3 rings (SSSR count). The molecule has 0 heterocycles. The maximum absolute atomic E-state index is 12.9. The van der Waals surface area contributed by atoms with Crippen molar-refractivity contribution in [1.82, 2.24) is 0 Å². The average Bonchev–Trinajstić information content (AvgIpc) is 2.87. The number of ether oxygens (including phenoxy) is 3. The van der Waals surface area contributed by atoms with E-state index in [9.17, 15) is 19.2 Å². The highest BCUT2D eigenvalue weighted by Gasteiger charge is 2.21. The van der Waals surface area contributed by atoms with Crippen molar-refractivity contribution in [3.05, 3.63) is 83.4 Å². The summed E-state index contributed by atoms with van der Waals surface area (Å²) >= 11 is 0. The van der Waals surface area contributed by atoms with Gasteiger partial charge in [0.25, 0.3) is 5.91 Å². The Labute approximate surface area is 202 Å². The number of hydrogen-bond donors (Lipinski definition) is 2. The number of anilines is 2. The smallest absolute Gasteiger partial charge is 0.340 e. The van der Waals surface area contributed by atoms with E-state index in [0.717, 1.165) is 0 Å². The topological polar surface area (TPSA) is 120 Å². The van der Waals surface area contributed by atoms with Gasteiger partial charge in [0.05, 0.1) is 25.5 Å². The molecule has 35 heavy (non-hydrogen) atoms. The summed E-state index contributed by atoms with van der Waals surface area (Å²) in [6, 6.07) is 17.5. The number of rotatable bonds is 9. The van der Waals surface area contributed by atoms with E-state index in [1.54, 1.807) is 42.5 Å². The molecule has 0 aliphatic heterocycles. The van der Waals surface area contributed by atoms with Crippen molar-refractivity contribution < 1.29 is 33.4 Å². The molecule has 0 atom stereocenters. The fraction of sp³-hybridized carbons (Fsp3) is 0.154. The normalized spacial score (nSPS) is 10.1. The van der Waals surface area contributed by atoms with Gasteiger partial charge in [0.2, 0.25) is 5.91 Å². The van der Waals surface area contributed by atoms with E-state index in [2.05, 4.69) is 10.6 Å². The van der Waals surface area contributed by atoms with Crippen molar-refractivity contribution in [3.63, 3.8) is 0 Å². The molecule has 0 aliphatic carbocycles. The molecule has 0 bridgehead atoms. The third kappa shape index (κ3) is 6.44. The minimum atomic E-state index is -0.836. The van der Waals surface area contributed by atoms with Crippen LogP contribution in [0.2, 0.25) is 0 Å². The third-order valence-electron chi connectivity index (χ3n) is 4.89. The zero-order valence-electron chi connectivity index (χ0n) is 19.4. The zero-order valence-corrected chi connectivity index (χ0v) is 19.4. The number of esters is 1. The Bertz CT molecular complexity index is 1240. The second kappa shape index (κ2) is 11.5. The number of Topliss-reactive ketones (excluding diaryl/α,β-unsaturated/α-hetero) is 1. The van der Waals surface area contributed by atoms with E-state index in [0.29, 0.717) is 22.6 Å². The fourth-order valence-electron chi connectivity index (χ4n) is 3.17. The summed E-state index contributed by atoms with van der Waals surface area (Å²) in [5.74, 6) is -1.41. The number of benzene rings is 3. The predicted octanol–water partition coefficient (Wildman–Crippen LogP) is 3.95. The molecule has 0 saturated heterocycles. The van der Waals surface area contributed by atoms with Crippen molar-refractivity contribution >= 4 is 34.9 Å². The second-order valence-corrected chi connectivity index (χ2v) is 7.33. The first-order valence-corrected chi connectivity index (χ1v) is 10.5. The summed E-state index contributed by atoms with van der Waals surface area (Å²) in [4.78, 5) is 49.2. The fourth-order valence-corrected chi connectivity index (χ4v) is 3.17. The Kier molecular flexibility index (Phi) is 8.18. The van der Waals surface area contributed by atoms with Crippen LogP contribution in [0.3, 0.4) is 0 Å². The highest BCUT2D eigenvalue weighted by Crippen LogP contribution is 2.34.